The largest absolute Gasteiger partial charge is 0.309 e. The molecule has 1 saturated heterocycles. The number of hydrogen-bond acceptors (Lipinski definition) is 4. The smallest absolute Gasteiger partial charge is 0.0753 e. The maximum absolute atomic E-state index is 4.31. The third-order valence-electron chi connectivity index (χ3n) is 3.58. The Morgan fingerprint density at radius 3 is 2.83 bits per heavy atom. The average Bonchev–Trinajstić information content (AvgIpc) is 2.45. The Morgan fingerprint density at radius 1 is 1.28 bits per heavy atom. The summed E-state index contributed by atoms with van der Waals surface area (Å²) in [5.41, 5.74) is 1.02. The second-order valence-corrected chi connectivity index (χ2v) is 5.06. The second kappa shape index (κ2) is 7.44. The van der Waals surface area contributed by atoms with Gasteiger partial charge in [0, 0.05) is 24.6 Å². The molecule has 1 aliphatic rings. The van der Waals surface area contributed by atoms with Gasteiger partial charge in [0.1, 0.15) is 0 Å². The first-order chi connectivity index (χ1) is 8.86. The van der Waals surface area contributed by atoms with Gasteiger partial charge in [-0.3, -0.25) is 9.97 Å². The van der Waals surface area contributed by atoms with E-state index in [0.29, 0.717) is 6.04 Å². The van der Waals surface area contributed by atoms with E-state index in [1.54, 1.807) is 12.4 Å². The van der Waals surface area contributed by atoms with Gasteiger partial charge in [-0.25, -0.2) is 0 Å². The molecule has 2 heterocycles. The van der Waals surface area contributed by atoms with Crippen molar-refractivity contribution in [1.29, 1.82) is 0 Å². The van der Waals surface area contributed by atoms with Crippen molar-refractivity contribution in [1.82, 2.24) is 20.2 Å². The molecule has 1 atom stereocenters. The monoisotopic (exact) mass is 248 g/mol. The molecule has 100 valence electrons. The predicted molar refractivity (Wildman–Crippen MR) is 73.4 cm³/mol. The molecule has 1 aromatic heterocycles. The molecule has 0 radical (unpaired) electrons. The van der Waals surface area contributed by atoms with Gasteiger partial charge in [0.2, 0.25) is 0 Å². The lowest BCUT2D eigenvalue weighted by atomic mass is 10.1. The fraction of sp³-hybridized carbons (Fsp3) is 0.714. The molecule has 0 spiro atoms. The third kappa shape index (κ3) is 4.35. The van der Waals surface area contributed by atoms with Crippen LogP contribution in [0.5, 0.6) is 0 Å². The van der Waals surface area contributed by atoms with Crippen LogP contribution in [0.1, 0.15) is 44.3 Å². The third-order valence-corrected chi connectivity index (χ3v) is 3.58. The van der Waals surface area contributed by atoms with Crippen LogP contribution in [-0.4, -0.2) is 41.0 Å². The van der Waals surface area contributed by atoms with Crippen LogP contribution in [0.4, 0.5) is 0 Å². The standard InChI is InChI=1S/C14H24N4/c1-13(14-12-15-7-8-17-14)16-6-5-11-18-9-3-2-4-10-18/h7-8,12-13,16H,2-6,9-11H2,1H3. The molecular weight excluding hydrogens is 224 g/mol. The Hall–Kier alpha value is -1.00. The SMILES string of the molecule is CC(NCCCN1CCCCC1)c1cnccn1. The van der Waals surface area contributed by atoms with Crippen molar-refractivity contribution in [2.45, 2.75) is 38.6 Å². The zero-order valence-corrected chi connectivity index (χ0v) is 11.3. The molecule has 1 aliphatic heterocycles. The normalized spacial score (nSPS) is 18.7. The first kappa shape index (κ1) is 13.4. The molecule has 0 bridgehead atoms. The van der Waals surface area contributed by atoms with E-state index in [1.165, 1.54) is 45.3 Å². The number of hydrogen-bond donors (Lipinski definition) is 1. The van der Waals surface area contributed by atoms with E-state index in [0.717, 1.165) is 12.2 Å². The Morgan fingerprint density at radius 2 is 2.11 bits per heavy atom. The highest BCUT2D eigenvalue weighted by atomic mass is 15.1. The zero-order chi connectivity index (χ0) is 12.6. The summed E-state index contributed by atoms with van der Waals surface area (Å²) < 4.78 is 0. The van der Waals surface area contributed by atoms with Gasteiger partial charge < -0.3 is 10.2 Å². The topological polar surface area (TPSA) is 41.0 Å². The first-order valence-electron chi connectivity index (χ1n) is 7.08. The number of likely N-dealkylation sites (tertiary alicyclic amines) is 1. The van der Waals surface area contributed by atoms with Crippen molar-refractivity contribution in [3.05, 3.63) is 24.3 Å². The lowest BCUT2D eigenvalue weighted by Gasteiger charge is -2.26. The summed E-state index contributed by atoms with van der Waals surface area (Å²) in [5.74, 6) is 0. The maximum atomic E-state index is 4.31. The summed E-state index contributed by atoms with van der Waals surface area (Å²) in [4.78, 5) is 11.0. The van der Waals surface area contributed by atoms with Crippen molar-refractivity contribution in [3.8, 4) is 0 Å². The molecule has 18 heavy (non-hydrogen) atoms. The van der Waals surface area contributed by atoms with E-state index >= 15 is 0 Å². The minimum atomic E-state index is 0.292. The fourth-order valence-corrected chi connectivity index (χ4v) is 2.44. The van der Waals surface area contributed by atoms with Gasteiger partial charge >= 0.3 is 0 Å². The quantitative estimate of drug-likeness (QED) is 0.782. The van der Waals surface area contributed by atoms with E-state index in [-0.39, 0.29) is 0 Å². The molecule has 1 N–H and O–H groups in total. The van der Waals surface area contributed by atoms with Crippen LogP contribution < -0.4 is 5.32 Å². The number of nitrogens with one attached hydrogen (secondary N) is 1. The number of piperidine rings is 1. The zero-order valence-electron chi connectivity index (χ0n) is 11.3. The molecule has 0 saturated carbocycles. The molecular formula is C14H24N4. The van der Waals surface area contributed by atoms with Crippen molar-refractivity contribution in [2.75, 3.05) is 26.2 Å². The highest BCUT2D eigenvalue weighted by Gasteiger charge is 2.10. The van der Waals surface area contributed by atoms with E-state index in [2.05, 4.69) is 27.1 Å². The average molecular weight is 248 g/mol. The summed E-state index contributed by atoms with van der Waals surface area (Å²) in [5, 5.41) is 3.51. The molecule has 4 nitrogen and oxygen atoms in total. The Balaban J connectivity index is 1.60. The molecule has 1 aromatic rings. The van der Waals surface area contributed by atoms with Crippen LogP contribution in [0.15, 0.2) is 18.6 Å². The minimum Gasteiger partial charge on any atom is -0.309 e. The van der Waals surface area contributed by atoms with Crippen LogP contribution in [-0.2, 0) is 0 Å². The van der Waals surface area contributed by atoms with Crippen LogP contribution in [0.2, 0.25) is 0 Å². The summed E-state index contributed by atoms with van der Waals surface area (Å²) in [7, 11) is 0. The number of nitrogens with zero attached hydrogens (tertiary/aromatic N) is 3. The van der Waals surface area contributed by atoms with Gasteiger partial charge in [-0.05, 0) is 52.4 Å². The van der Waals surface area contributed by atoms with Gasteiger partial charge in [-0.2, -0.15) is 0 Å². The van der Waals surface area contributed by atoms with E-state index < -0.39 is 0 Å². The molecule has 1 unspecified atom stereocenters. The highest BCUT2D eigenvalue weighted by Crippen LogP contribution is 2.09. The molecule has 1 fully saturated rings. The molecule has 4 heteroatoms. The number of aromatic nitrogens is 2. The van der Waals surface area contributed by atoms with Crippen LogP contribution in [0.25, 0.3) is 0 Å². The Bertz CT molecular complexity index is 322. The van der Waals surface area contributed by atoms with Crippen molar-refractivity contribution < 1.29 is 0 Å². The van der Waals surface area contributed by atoms with Crippen molar-refractivity contribution in [3.63, 3.8) is 0 Å². The van der Waals surface area contributed by atoms with Crippen molar-refractivity contribution >= 4 is 0 Å². The van der Waals surface area contributed by atoms with E-state index in [1.807, 2.05) is 6.20 Å². The van der Waals surface area contributed by atoms with E-state index in [4.69, 9.17) is 0 Å². The molecule has 0 aliphatic carbocycles. The van der Waals surface area contributed by atoms with Gasteiger partial charge in [0.25, 0.3) is 0 Å². The van der Waals surface area contributed by atoms with Gasteiger partial charge in [-0.1, -0.05) is 6.42 Å². The summed E-state index contributed by atoms with van der Waals surface area (Å²) >= 11 is 0. The van der Waals surface area contributed by atoms with Crippen molar-refractivity contribution in [2.24, 2.45) is 0 Å². The first-order valence-corrected chi connectivity index (χ1v) is 7.08. The Labute approximate surface area is 110 Å². The summed E-state index contributed by atoms with van der Waals surface area (Å²) in [6.45, 7) is 7.00. The molecule has 0 amide bonds. The van der Waals surface area contributed by atoms with Crippen LogP contribution >= 0.6 is 0 Å². The number of rotatable bonds is 6. The van der Waals surface area contributed by atoms with Crippen LogP contribution in [0.3, 0.4) is 0 Å². The summed E-state index contributed by atoms with van der Waals surface area (Å²) in [6, 6.07) is 0.292. The second-order valence-electron chi connectivity index (χ2n) is 5.06. The summed E-state index contributed by atoms with van der Waals surface area (Å²) in [6.07, 6.45) is 10.7. The van der Waals surface area contributed by atoms with Crippen LogP contribution in [0, 0.1) is 0 Å². The Kier molecular flexibility index (Phi) is 5.55. The van der Waals surface area contributed by atoms with Gasteiger partial charge in [0.05, 0.1) is 5.69 Å². The fourth-order valence-electron chi connectivity index (χ4n) is 2.44. The lowest BCUT2D eigenvalue weighted by Crippen LogP contribution is -2.32. The lowest BCUT2D eigenvalue weighted by molar-refractivity contribution is 0.225. The molecule has 2 rings (SSSR count). The van der Waals surface area contributed by atoms with Gasteiger partial charge in [0.15, 0.2) is 0 Å². The minimum absolute atomic E-state index is 0.292. The van der Waals surface area contributed by atoms with E-state index in [9.17, 15) is 0 Å². The highest BCUT2D eigenvalue weighted by molar-refractivity contribution is 5.00. The van der Waals surface area contributed by atoms with Gasteiger partial charge in [-0.15, -0.1) is 0 Å². The molecule has 0 aromatic carbocycles. The maximum Gasteiger partial charge on any atom is 0.0753 e. The predicted octanol–water partition coefficient (Wildman–Crippen LogP) is 2.00.